The highest BCUT2D eigenvalue weighted by molar-refractivity contribution is 4.87. The van der Waals surface area contributed by atoms with Gasteiger partial charge in [0.1, 0.15) is 0 Å². The van der Waals surface area contributed by atoms with Crippen molar-refractivity contribution >= 4 is 0 Å². The van der Waals surface area contributed by atoms with Crippen molar-refractivity contribution in [2.45, 2.75) is 70.5 Å². The van der Waals surface area contributed by atoms with E-state index in [0.717, 1.165) is 18.1 Å². The van der Waals surface area contributed by atoms with Crippen molar-refractivity contribution in [3.8, 4) is 0 Å². The molecule has 1 heterocycles. The summed E-state index contributed by atoms with van der Waals surface area (Å²) in [5.74, 6) is 0. The van der Waals surface area contributed by atoms with Crippen LogP contribution in [0.4, 0.5) is 0 Å². The van der Waals surface area contributed by atoms with E-state index in [0.29, 0.717) is 0 Å². The van der Waals surface area contributed by atoms with Gasteiger partial charge in [0.2, 0.25) is 0 Å². The Labute approximate surface area is 94.4 Å². The topological polar surface area (TPSA) is 15.3 Å². The average molecular weight is 210 g/mol. The molecule has 0 radical (unpaired) electrons. The van der Waals surface area contributed by atoms with Crippen molar-refractivity contribution in [1.82, 2.24) is 10.2 Å². The monoisotopic (exact) mass is 210 g/mol. The molecule has 2 atom stereocenters. The standard InChI is InChI=1S/C13H26N2/c1-3-5-13(10-14-12-7-8-12)15-9-4-6-11(15)2/h11-14H,3-10H2,1-2H3. The summed E-state index contributed by atoms with van der Waals surface area (Å²) in [6.45, 7) is 7.26. The number of nitrogens with zero attached hydrogens (tertiary/aromatic N) is 1. The van der Waals surface area contributed by atoms with Crippen LogP contribution in [0.1, 0.15) is 52.4 Å². The molecule has 1 saturated carbocycles. The SMILES string of the molecule is CCCC(CNC1CC1)N1CCCC1C. The molecule has 15 heavy (non-hydrogen) atoms. The molecular weight excluding hydrogens is 184 g/mol. The molecule has 2 rings (SSSR count). The third kappa shape index (κ3) is 3.18. The van der Waals surface area contributed by atoms with Crippen LogP contribution < -0.4 is 5.32 Å². The predicted octanol–water partition coefficient (Wildman–Crippen LogP) is 2.39. The highest BCUT2D eigenvalue weighted by atomic mass is 15.2. The van der Waals surface area contributed by atoms with Crippen LogP contribution in [0.5, 0.6) is 0 Å². The number of nitrogens with one attached hydrogen (secondary N) is 1. The van der Waals surface area contributed by atoms with Gasteiger partial charge in [0.15, 0.2) is 0 Å². The van der Waals surface area contributed by atoms with Gasteiger partial charge in [0, 0.05) is 24.7 Å². The van der Waals surface area contributed by atoms with Crippen molar-refractivity contribution in [1.29, 1.82) is 0 Å². The predicted molar refractivity (Wildman–Crippen MR) is 65.1 cm³/mol. The van der Waals surface area contributed by atoms with Crippen LogP contribution in [0.25, 0.3) is 0 Å². The van der Waals surface area contributed by atoms with E-state index < -0.39 is 0 Å². The van der Waals surface area contributed by atoms with E-state index in [4.69, 9.17) is 0 Å². The van der Waals surface area contributed by atoms with Gasteiger partial charge >= 0.3 is 0 Å². The van der Waals surface area contributed by atoms with Gasteiger partial charge in [-0.25, -0.2) is 0 Å². The molecule has 0 aromatic rings. The molecule has 0 aromatic heterocycles. The summed E-state index contributed by atoms with van der Waals surface area (Å²) in [6.07, 6.45) is 8.32. The van der Waals surface area contributed by atoms with Gasteiger partial charge in [-0.1, -0.05) is 13.3 Å². The van der Waals surface area contributed by atoms with Crippen molar-refractivity contribution in [2.75, 3.05) is 13.1 Å². The molecule has 2 heteroatoms. The zero-order valence-electron chi connectivity index (χ0n) is 10.3. The minimum Gasteiger partial charge on any atom is -0.312 e. The van der Waals surface area contributed by atoms with Gasteiger partial charge < -0.3 is 5.32 Å². The van der Waals surface area contributed by atoms with Crippen LogP contribution in [-0.4, -0.2) is 36.1 Å². The van der Waals surface area contributed by atoms with Crippen LogP contribution in [0.15, 0.2) is 0 Å². The Bertz CT molecular complexity index is 189. The lowest BCUT2D eigenvalue weighted by atomic mass is 10.1. The second kappa shape index (κ2) is 5.31. The molecule has 1 N–H and O–H groups in total. The number of hydrogen-bond donors (Lipinski definition) is 1. The summed E-state index contributed by atoms with van der Waals surface area (Å²) in [6, 6.07) is 2.48. The Kier molecular flexibility index (Phi) is 4.04. The first kappa shape index (κ1) is 11.4. The fourth-order valence-electron chi connectivity index (χ4n) is 2.81. The van der Waals surface area contributed by atoms with Crippen LogP contribution in [0.3, 0.4) is 0 Å². The molecule has 0 bridgehead atoms. The fraction of sp³-hybridized carbons (Fsp3) is 1.00. The minimum atomic E-state index is 0.799. The molecule has 0 spiro atoms. The third-order valence-corrected chi connectivity index (χ3v) is 3.91. The molecule has 1 saturated heterocycles. The van der Waals surface area contributed by atoms with E-state index in [-0.39, 0.29) is 0 Å². The fourth-order valence-corrected chi connectivity index (χ4v) is 2.81. The molecule has 2 unspecified atom stereocenters. The van der Waals surface area contributed by atoms with E-state index in [1.807, 2.05) is 0 Å². The molecule has 0 aromatic carbocycles. The molecule has 1 aliphatic carbocycles. The molecule has 2 fully saturated rings. The van der Waals surface area contributed by atoms with Gasteiger partial charge in [-0.15, -0.1) is 0 Å². The minimum absolute atomic E-state index is 0.799. The molecule has 2 aliphatic rings. The van der Waals surface area contributed by atoms with E-state index in [1.54, 1.807) is 0 Å². The van der Waals surface area contributed by atoms with Crippen LogP contribution in [-0.2, 0) is 0 Å². The van der Waals surface area contributed by atoms with E-state index in [1.165, 1.54) is 51.6 Å². The Morgan fingerprint density at radius 2 is 2.13 bits per heavy atom. The Morgan fingerprint density at radius 3 is 2.67 bits per heavy atom. The van der Waals surface area contributed by atoms with Gasteiger partial charge in [0.05, 0.1) is 0 Å². The zero-order valence-corrected chi connectivity index (χ0v) is 10.3. The summed E-state index contributed by atoms with van der Waals surface area (Å²) in [7, 11) is 0. The summed E-state index contributed by atoms with van der Waals surface area (Å²) in [5, 5.41) is 3.70. The highest BCUT2D eigenvalue weighted by Gasteiger charge is 2.28. The first-order valence-electron chi connectivity index (χ1n) is 6.80. The normalized spacial score (nSPS) is 29.6. The van der Waals surface area contributed by atoms with Gasteiger partial charge in [0.25, 0.3) is 0 Å². The second-order valence-electron chi connectivity index (χ2n) is 5.35. The number of likely N-dealkylation sites (tertiary alicyclic amines) is 1. The van der Waals surface area contributed by atoms with Crippen molar-refractivity contribution in [3.05, 3.63) is 0 Å². The Balaban J connectivity index is 1.79. The van der Waals surface area contributed by atoms with E-state index >= 15 is 0 Å². The molecular formula is C13H26N2. The van der Waals surface area contributed by atoms with Crippen LogP contribution in [0.2, 0.25) is 0 Å². The van der Waals surface area contributed by atoms with Crippen LogP contribution in [0, 0.1) is 0 Å². The highest BCUT2D eigenvalue weighted by Crippen LogP contribution is 2.23. The van der Waals surface area contributed by atoms with E-state index in [2.05, 4.69) is 24.1 Å². The Hall–Kier alpha value is -0.0800. The average Bonchev–Trinajstić information content (AvgIpc) is 2.96. The number of hydrogen-bond acceptors (Lipinski definition) is 2. The van der Waals surface area contributed by atoms with Crippen molar-refractivity contribution < 1.29 is 0 Å². The van der Waals surface area contributed by atoms with Crippen molar-refractivity contribution in [2.24, 2.45) is 0 Å². The van der Waals surface area contributed by atoms with Gasteiger partial charge in [-0.3, -0.25) is 4.90 Å². The molecule has 0 amide bonds. The molecule has 1 aliphatic heterocycles. The zero-order chi connectivity index (χ0) is 10.7. The quantitative estimate of drug-likeness (QED) is 0.724. The van der Waals surface area contributed by atoms with Gasteiger partial charge in [-0.05, 0) is 45.6 Å². The van der Waals surface area contributed by atoms with Crippen molar-refractivity contribution in [3.63, 3.8) is 0 Å². The summed E-state index contributed by atoms with van der Waals surface area (Å²) in [5.41, 5.74) is 0. The lowest BCUT2D eigenvalue weighted by Crippen LogP contribution is -2.44. The summed E-state index contributed by atoms with van der Waals surface area (Å²) in [4.78, 5) is 2.74. The second-order valence-corrected chi connectivity index (χ2v) is 5.35. The van der Waals surface area contributed by atoms with E-state index in [9.17, 15) is 0 Å². The third-order valence-electron chi connectivity index (χ3n) is 3.91. The summed E-state index contributed by atoms with van der Waals surface area (Å²) >= 11 is 0. The lowest BCUT2D eigenvalue weighted by molar-refractivity contribution is 0.175. The first-order valence-corrected chi connectivity index (χ1v) is 6.80. The maximum atomic E-state index is 3.70. The van der Waals surface area contributed by atoms with Gasteiger partial charge in [-0.2, -0.15) is 0 Å². The van der Waals surface area contributed by atoms with Crippen LogP contribution >= 0.6 is 0 Å². The first-order chi connectivity index (χ1) is 7.31. The maximum Gasteiger partial charge on any atom is 0.0223 e. The Morgan fingerprint density at radius 1 is 1.33 bits per heavy atom. The largest absolute Gasteiger partial charge is 0.312 e. The molecule has 2 nitrogen and oxygen atoms in total. The number of rotatable bonds is 6. The smallest absolute Gasteiger partial charge is 0.0223 e. The maximum absolute atomic E-state index is 3.70. The molecule has 88 valence electrons. The summed E-state index contributed by atoms with van der Waals surface area (Å²) < 4.78 is 0. The lowest BCUT2D eigenvalue weighted by Gasteiger charge is -2.31.